The minimum atomic E-state index is -0.244. The fraction of sp³-hybridized carbons (Fsp3) is 0.125. The number of anilines is 1. The molecule has 0 atom stereocenters. The highest BCUT2D eigenvalue weighted by molar-refractivity contribution is 6.07. The Morgan fingerprint density at radius 1 is 1.06 bits per heavy atom. The molecule has 0 fully saturated rings. The third kappa shape index (κ3) is 4.72. The van der Waals surface area contributed by atoms with Crippen LogP contribution in [0, 0.1) is 0 Å². The number of hydrogen-bond donors (Lipinski definition) is 3. The largest absolute Gasteiger partial charge is 0.496 e. The lowest BCUT2D eigenvalue weighted by Gasteiger charge is -2.09. The van der Waals surface area contributed by atoms with Crippen LogP contribution >= 0.6 is 0 Å². The Labute approximate surface area is 179 Å². The van der Waals surface area contributed by atoms with Crippen LogP contribution in [0.4, 0.5) is 5.69 Å². The summed E-state index contributed by atoms with van der Waals surface area (Å²) in [6, 6.07) is 18.8. The topological polar surface area (TPSA) is 96.1 Å². The molecule has 0 saturated heterocycles. The van der Waals surface area contributed by atoms with Crippen LogP contribution in [0.1, 0.15) is 21.5 Å². The second-order valence-electron chi connectivity index (χ2n) is 7.03. The maximum atomic E-state index is 12.8. The van der Waals surface area contributed by atoms with Crippen molar-refractivity contribution in [2.24, 2.45) is 0 Å². The molecule has 0 spiro atoms. The molecule has 3 N–H and O–H groups in total. The van der Waals surface area contributed by atoms with Gasteiger partial charge in [0, 0.05) is 23.7 Å². The van der Waals surface area contributed by atoms with E-state index in [1.807, 2.05) is 54.6 Å². The molecule has 2 aromatic carbocycles. The first-order chi connectivity index (χ1) is 15.1. The highest BCUT2D eigenvalue weighted by Crippen LogP contribution is 2.21. The van der Waals surface area contributed by atoms with Gasteiger partial charge in [-0.05, 0) is 17.7 Å². The zero-order valence-electron chi connectivity index (χ0n) is 17.0. The van der Waals surface area contributed by atoms with E-state index >= 15 is 0 Å². The minimum absolute atomic E-state index is 0.148. The average Bonchev–Trinajstić information content (AvgIpc) is 3.21. The van der Waals surface area contributed by atoms with Crippen molar-refractivity contribution in [2.45, 2.75) is 13.0 Å². The summed E-state index contributed by atoms with van der Waals surface area (Å²) in [5.74, 6) is 0.323. The second kappa shape index (κ2) is 9.13. The number of aromatic nitrogens is 2. The van der Waals surface area contributed by atoms with Crippen LogP contribution in [0.15, 0.2) is 73.1 Å². The number of aromatic amines is 1. The zero-order valence-corrected chi connectivity index (χ0v) is 17.0. The van der Waals surface area contributed by atoms with Crippen LogP contribution in [0.5, 0.6) is 5.75 Å². The van der Waals surface area contributed by atoms with Gasteiger partial charge in [-0.1, -0.05) is 48.5 Å². The molecule has 156 valence electrons. The van der Waals surface area contributed by atoms with Crippen molar-refractivity contribution in [3.63, 3.8) is 0 Å². The number of para-hydroxylation sites is 1. The molecule has 2 heterocycles. The SMILES string of the molecule is COc1ccccc1CNC(=O)c1c[nH]c2ncc(NC(=O)Cc3ccccc3)cc12. The number of fused-ring (bicyclic) bond motifs is 1. The maximum Gasteiger partial charge on any atom is 0.253 e. The van der Waals surface area contributed by atoms with Gasteiger partial charge in [0.2, 0.25) is 5.91 Å². The molecule has 7 nitrogen and oxygen atoms in total. The normalized spacial score (nSPS) is 10.6. The lowest BCUT2D eigenvalue weighted by atomic mass is 10.1. The van der Waals surface area contributed by atoms with Crippen molar-refractivity contribution in [1.82, 2.24) is 15.3 Å². The lowest BCUT2D eigenvalue weighted by Crippen LogP contribution is -2.22. The number of pyridine rings is 1. The zero-order chi connectivity index (χ0) is 21.6. The van der Waals surface area contributed by atoms with E-state index in [1.54, 1.807) is 25.6 Å². The molecule has 0 radical (unpaired) electrons. The molecular formula is C24H22N4O3. The van der Waals surface area contributed by atoms with Gasteiger partial charge < -0.3 is 20.4 Å². The van der Waals surface area contributed by atoms with Crippen LogP contribution < -0.4 is 15.4 Å². The van der Waals surface area contributed by atoms with Gasteiger partial charge in [0.25, 0.3) is 5.91 Å². The highest BCUT2D eigenvalue weighted by Gasteiger charge is 2.15. The number of carbonyl (C=O) groups is 2. The summed E-state index contributed by atoms with van der Waals surface area (Å²) in [6.45, 7) is 0.330. The molecule has 4 aromatic rings. The summed E-state index contributed by atoms with van der Waals surface area (Å²) in [6.07, 6.45) is 3.45. The van der Waals surface area contributed by atoms with Gasteiger partial charge >= 0.3 is 0 Å². The van der Waals surface area contributed by atoms with Crippen molar-refractivity contribution in [3.05, 3.63) is 89.7 Å². The van der Waals surface area contributed by atoms with Gasteiger partial charge in [-0.2, -0.15) is 0 Å². The van der Waals surface area contributed by atoms with Crippen LogP contribution in [-0.4, -0.2) is 28.9 Å². The van der Waals surface area contributed by atoms with E-state index in [0.29, 0.717) is 34.6 Å². The molecule has 7 heteroatoms. The van der Waals surface area contributed by atoms with Gasteiger partial charge in [0.1, 0.15) is 11.4 Å². The van der Waals surface area contributed by atoms with Crippen LogP contribution in [0.3, 0.4) is 0 Å². The number of benzene rings is 2. The Morgan fingerprint density at radius 2 is 1.84 bits per heavy atom. The molecule has 31 heavy (non-hydrogen) atoms. The Kier molecular flexibility index (Phi) is 5.93. The van der Waals surface area contributed by atoms with E-state index in [4.69, 9.17) is 4.74 Å². The first kappa shape index (κ1) is 20.2. The first-order valence-corrected chi connectivity index (χ1v) is 9.85. The molecule has 4 rings (SSSR count). The monoisotopic (exact) mass is 414 g/mol. The lowest BCUT2D eigenvalue weighted by molar-refractivity contribution is -0.115. The van der Waals surface area contributed by atoms with Gasteiger partial charge in [0.05, 0.1) is 31.0 Å². The molecule has 0 aliphatic heterocycles. The molecule has 0 unspecified atom stereocenters. The second-order valence-corrected chi connectivity index (χ2v) is 7.03. The standard InChI is InChI=1S/C24H22N4O3/c1-31-21-10-6-5-9-17(21)13-27-24(30)20-15-26-23-19(20)12-18(14-25-23)28-22(29)11-16-7-3-2-4-8-16/h2-10,12,14-15H,11,13H2,1H3,(H,25,26)(H,27,30)(H,28,29). The summed E-state index contributed by atoms with van der Waals surface area (Å²) in [5, 5.41) is 6.39. The Morgan fingerprint density at radius 3 is 2.65 bits per heavy atom. The van der Waals surface area contributed by atoms with Crippen molar-refractivity contribution >= 4 is 28.5 Å². The van der Waals surface area contributed by atoms with Crippen LogP contribution in [0.25, 0.3) is 11.0 Å². The molecular weight excluding hydrogens is 392 g/mol. The van der Waals surface area contributed by atoms with E-state index in [9.17, 15) is 9.59 Å². The average molecular weight is 414 g/mol. The van der Waals surface area contributed by atoms with E-state index in [-0.39, 0.29) is 18.2 Å². The quantitative estimate of drug-likeness (QED) is 0.430. The van der Waals surface area contributed by atoms with Crippen molar-refractivity contribution < 1.29 is 14.3 Å². The molecule has 0 aliphatic rings. The Balaban J connectivity index is 1.47. The number of amides is 2. The van der Waals surface area contributed by atoms with Gasteiger partial charge in [0.15, 0.2) is 0 Å². The van der Waals surface area contributed by atoms with Crippen LogP contribution in [-0.2, 0) is 17.8 Å². The van der Waals surface area contributed by atoms with E-state index in [0.717, 1.165) is 11.1 Å². The molecule has 0 aliphatic carbocycles. The van der Waals surface area contributed by atoms with Crippen molar-refractivity contribution in [1.29, 1.82) is 0 Å². The van der Waals surface area contributed by atoms with Crippen molar-refractivity contribution in [3.8, 4) is 5.75 Å². The number of nitrogens with zero attached hydrogens (tertiary/aromatic N) is 1. The Hall–Kier alpha value is -4.13. The predicted molar refractivity (Wildman–Crippen MR) is 119 cm³/mol. The fourth-order valence-corrected chi connectivity index (χ4v) is 3.37. The first-order valence-electron chi connectivity index (χ1n) is 9.85. The number of carbonyl (C=O) groups excluding carboxylic acids is 2. The predicted octanol–water partition coefficient (Wildman–Crippen LogP) is 3.68. The highest BCUT2D eigenvalue weighted by atomic mass is 16.5. The number of hydrogen-bond acceptors (Lipinski definition) is 4. The van der Waals surface area contributed by atoms with Gasteiger partial charge in [-0.15, -0.1) is 0 Å². The summed E-state index contributed by atoms with van der Waals surface area (Å²) in [7, 11) is 1.60. The number of nitrogens with one attached hydrogen (secondary N) is 3. The van der Waals surface area contributed by atoms with E-state index in [1.165, 1.54) is 0 Å². The maximum absolute atomic E-state index is 12.8. The number of ether oxygens (including phenoxy) is 1. The fourth-order valence-electron chi connectivity index (χ4n) is 3.37. The number of methoxy groups -OCH3 is 1. The third-order valence-corrected chi connectivity index (χ3v) is 4.90. The number of H-pyrrole nitrogens is 1. The van der Waals surface area contributed by atoms with E-state index < -0.39 is 0 Å². The van der Waals surface area contributed by atoms with Gasteiger partial charge in [-0.25, -0.2) is 4.98 Å². The van der Waals surface area contributed by atoms with Crippen molar-refractivity contribution in [2.75, 3.05) is 12.4 Å². The molecule has 0 saturated carbocycles. The minimum Gasteiger partial charge on any atom is -0.496 e. The molecule has 2 aromatic heterocycles. The molecule has 2 amide bonds. The summed E-state index contributed by atoms with van der Waals surface area (Å²) in [4.78, 5) is 32.5. The summed E-state index contributed by atoms with van der Waals surface area (Å²) >= 11 is 0. The van der Waals surface area contributed by atoms with Crippen LogP contribution in [0.2, 0.25) is 0 Å². The molecule has 0 bridgehead atoms. The Bertz CT molecular complexity index is 1220. The van der Waals surface area contributed by atoms with E-state index in [2.05, 4.69) is 20.6 Å². The third-order valence-electron chi connectivity index (χ3n) is 4.90. The van der Waals surface area contributed by atoms with Gasteiger partial charge in [-0.3, -0.25) is 9.59 Å². The number of rotatable bonds is 7. The summed E-state index contributed by atoms with van der Waals surface area (Å²) < 4.78 is 5.33. The summed E-state index contributed by atoms with van der Waals surface area (Å²) in [5.41, 5.74) is 3.36. The smallest absolute Gasteiger partial charge is 0.253 e.